The van der Waals surface area contributed by atoms with Crippen LogP contribution in [-0.4, -0.2) is 16.7 Å². The first-order chi connectivity index (χ1) is 5.29. The van der Waals surface area contributed by atoms with E-state index in [2.05, 4.69) is 29.4 Å². The maximum Gasteiger partial charge on any atom is 0.0532 e. The van der Waals surface area contributed by atoms with Crippen LogP contribution in [0.5, 0.6) is 0 Å². The van der Waals surface area contributed by atoms with Gasteiger partial charge in [0.05, 0.1) is 6.20 Å². The van der Waals surface area contributed by atoms with Gasteiger partial charge in [0.2, 0.25) is 0 Å². The molecule has 1 aromatic rings. The lowest BCUT2D eigenvalue weighted by Crippen LogP contribution is -2.18. The molecule has 1 aromatic heterocycles. The van der Waals surface area contributed by atoms with Crippen molar-refractivity contribution in [2.45, 2.75) is 20.4 Å². The van der Waals surface area contributed by atoms with E-state index in [1.54, 1.807) is 0 Å². The predicted octanol–water partition coefficient (Wildman–Crippen LogP) is 1.16. The highest BCUT2D eigenvalue weighted by Crippen LogP contribution is 1.93. The maximum atomic E-state index is 3.85. The van der Waals surface area contributed by atoms with Gasteiger partial charge in [-0.1, -0.05) is 13.8 Å². The summed E-state index contributed by atoms with van der Waals surface area (Å²) in [5.74, 6) is 0.710. The summed E-state index contributed by atoms with van der Waals surface area (Å²) in [5.41, 5.74) is 1.21. The minimum absolute atomic E-state index is 0.710. The van der Waals surface area contributed by atoms with E-state index in [4.69, 9.17) is 0 Å². The smallest absolute Gasteiger partial charge is 0.0532 e. The number of rotatable bonds is 4. The van der Waals surface area contributed by atoms with Crippen molar-refractivity contribution in [1.29, 1.82) is 0 Å². The SMILES string of the molecule is CC(C)CNCc1cn[nH]c1. The number of aromatic amines is 1. The summed E-state index contributed by atoms with van der Waals surface area (Å²) in [7, 11) is 0. The summed E-state index contributed by atoms with van der Waals surface area (Å²) in [4.78, 5) is 0. The third kappa shape index (κ3) is 3.18. The molecule has 0 saturated carbocycles. The minimum Gasteiger partial charge on any atom is -0.312 e. The molecule has 0 aliphatic carbocycles. The molecule has 0 spiro atoms. The Morgan fingerprint density at radius 2 is 2.45 bits per heavy atom. The van der Waals surface area contributed by atoms with Crippen molar-refractivity contribution in [3.05, 3.63) is 18.0 Å². The first kappa shape index (κ1) is 8.27. The molecule has 0 saturated heterocycles. The largest absolute Gasteiger partial charge is 0.312 e. The van der Waals surface area contributed by atoms with Crippen LogP contribution in [0.15, 0.2) is 12.4 Å². The third-order valence-electron chi connectivity index (χ3n) is 1.44. The average Bonchev–Trinajstić information content (AvgIpc) is 2.39. The highest BCUT2D eigenvalue weighted by atomic mass is 15.1. The first-order valence-electron chi connectivity index (χ1n) is 3.97. The molecule has 3 heteroatoms. The second-order valence-electron chi connectivity index (χ2n) is 3.13. The molecule has 0 aliphatic heterocycles. The van der Waals surface area contributed by atoms with Crippen LogP contribution in [0, 0.1) is 5.92 Å². The standard InChI is InChI=1S/C8H15N3/c1-7(2)3-9-4-8-5-10-11-6-8/h5-7,9H,3-4H2,1-2H3,(H,10,11). The molecule has 0 unspecified atom stereocenters. The Morgan fingerprint density at radius 3 is 3.00 bits per heavy atom. The van der Waals surface area contributed by atoms with Crippen LogP contribution >= 0.6 is 0 Å². The zero-order chi connectivity index (χ0) is 8.10. The van der Waals surface area contributed by atoms with Gasteiger partial charge in [0, 0.05) is 18.3 Å². The molecule has 1 heterocycles. The van der Waals surface area contributed by atoms with Crippen molar-refractivity contribution in [3.8, 4) is 0 Å². The Bertz CT molecular complexity index is 179. The molecule has 0 fully saturated rings. The normalized spacial score (nSPS) is 10.8. The number of H-pyrrole nitrogens is 1. The summed E-state index contributed by atoms with van der Waals surface area (Å²) in [5, 5.41) is 9.96. The second-order valence-corrected chi connectivity index (χ2v) is 3.13. The van der Waals surface area contributed by atoms with Gasteiger partial charge in [-0.05, 0) is 12.5 Å². The maximum absolute atomic E-state index is 3.85. The van der Waals surface area contributed by atoms with Gasteiger partial charge in [-0.2, -0.15) is 5.10 Å². The van der Waals surface area contributed by atoms with E-state index in [1.807, 2.05) is 12.4 Å². The van der Waals surface area contributed by atoms with Gasteiger partial charge in [0.15, 0.2) is 0 Å². The van der Waals surface area contributed by atoms with Gasteiger partial charge in [0.1, 0.15) is 0 Å². The van der Waals surface area contributed by atoms with Crippen LogP contribution in [0.1, 0.15) is 19.4 Å². The number of nitrogens with zero attached hydrogens (tertiary/aromatic N) is 1. The van der Waals surface area contributed by atoms with E-state index in [9.17, 15) is 0 Å². The van der Waals surface area contributed by atoms with E-state index in [-0.39, 0.29) is 0 Å². The fourth-order valence-corrected chi connectivity index (χ4v) is 0.879. The van der Waals surface area contributed by atoms with Crippen molar-refractivity contribution < 1.29 is 0 Å². The van der Waals surface area contributed by atoms with Crippen LogP contribution in [0.3, 0.4) is 0 Å². The van der Waals surface area contributed by atoms with Gasteiger partial charge in [-0.3, -0.25) is 5.10 Å². The van der Waals surface area contributed by atoms with Crippen LogP contribution in [0.2, 0.25) is 0 Å². The van der Waals surface area contributed by atoms with Gasteiger partial charge >= 0.3 is 0 Å². The second kappa shape index (κ2) is 4.13. The van der Waals surface area contributed by atoms with E-state index < -0.39 is 0 Å². The molecule has 2 N–H and O–H groups in total. The lowest BCUT2D eigenvalue weighted by Gasteiger charge is -2.04. The molecule has 11 heavy (non-hydrogen) atoms. The highest BCUT2D eigenvalue weighted by Gasteiger charge is 1.94. The van der Waals surface area contributed by atoms with Crippen molar-refractivity contribution in [2.24, 2.45) is 5.92 Å². The topological polar surface area (TPSA) is 40.7 Å². The van der Waals surface area contributed by atoms with E-state index in [1.165, 1.54) is 5.56 Å². The number of nitrogens with one attached hydrogen (secondary N) is 2. The number of hydrogen-bond donors (Lipinski definition) is 2. The molecule has 0 radical (unpaired) electrons. The Morgan fingerprint density at radius 1 is 1.64 bits per heavy atom. The molecule has 1 rings (SSSR count). The van der Waals surface area contributed by atoms with Gasteiger partial charge < -0.3 is 5.32 Å². The summed E-state index contributed by atoms with van der Waals surface area (Å²) in [6.45, 7) is 6.37. The van der Waals surface area contributed by atoms with Crippen molar-refractivity contribution >= 4 is 0 Å². The van der Waals surface area contributed by atoms with E-state index in [0.717, 1.165) is 13.1 Å². The van der Waals surface area contributed by atoms with Gasteiger partial charge in [-0.25, -0.2) is 0 Å². The Labute approximate surface area is 67.2 Å². The Kier molecular flexibility index (Phi) is 3.11. The third-order valence-corrected chi connectivity index (χ3v) is 1.44. The van der Waals surface area contributed by atoms with Gasteiger partial charge in [-0.15, -0.1) is 0 Å². The zero-order valence-electron chi connectivity index (χ0n) is 7.09. The van der Waals surface area contributed by atoms with Crippen molar-refractivity contribution in [1.82, 2.24) is 15.5 Å². The summed E-state index contributed by atoms with van der Waals surface area (Å²) >= 11 is 0. The van der Waals surface area contributed by atoms with E-state index >= 15 is 0 Å². The van der Waals surface area contributed by atoms with Crippen LogP contribution < -0.4 is 5.32 Å². The molecule has 0 atom stereocenters. The monoisotopic (exact) mass is 153 g/mol. The molecule has 0 bridgehead atoms. The summed E-state index contributed by atoms with van der Waals surface area (Å²) in [6, 6.07) is 0. The van der Waals surface area contributed by atoms with Crippen molar-refractivity contribution in [2.75, 3.05) is 6.54 Å². The molecular weight excluding hydrogens is 138 g/mol. The zero-order valence-corrected chi connectivity index (χ0v) is 7.09. The predicted molar refractivity (Wildman–Crippen MR) is 45.1 cm³/mol. The highest BCUT2D eigenvalue weighted by molar-refractivity contribution is 5.01. The molecular formula is C8H15N3. The Balaban J connectivity index is 2.14. The molecule has 3 nitrogen and oxygen atoms in total. The number of hydrogen-bond acceptors (Lipinski definition) is 2. The molecule has 62 valence electrons. The summed E-state index contributed by atoms with van der Waals surface area (Å²) < 4.78 is 0. The summed E-state index contributed by atoms with van der Waals surface area (Å²) in [6.07, 6.45) is 3.75. The molecule has 0 aromatic carbocycles. The van der Waals surface area contributed by atoms with E-state index in [0.29, 0.717) is 5.92 Å². The molecule has 0 amide bonds. The first-order valence-corrected chi connectivity index (χ1v) is 3.97. The quantitative estimate of drug-likeness (QED) is 0.681. The fourth-order valence-electron chi connectivity index (χ4n) is 0.879. The van der Waals surface area contributed by atoms with Crippen LogP contribution in [0.4, 0.5) is 0 Å². The molecule has 0 aliphatic rings. The minimum atomic E-state index is 0.710. The lowest BCUT2D eigenvalue weighted by atomic mass is 10.2. The lowest BCUT2D eigenvalue weighted by molar-refractivity contribution is 0.552. The van der Waals surface area contributed by atoms with Crippen LogP contribution in [-0.2, 0) is 6.54 Å². The van der Waals surface area contributed by atoms with Gasteiger partial charge in [0.25, 0.3) is 0 Å². The van der Waals surface area contributed by atoms with Crippen LogP contribution in [0.25, 0.3) is 0 Å². The van der Waals surface area contributed by atoms with Crippen molar-refractivity contribution in [3.63, 3.8) is 0 Å². The fraction of sp³-hybridized carbons (Fsp3) is 0.625. The average molecular weight is 153 g/mol. The Hall–Kier alpha value is -0.830. The number of aromatic nitrogens is 2.